The van der Waals surface area contributed by atoms with Crippen molar-refractivity contribution in [3.05, 3.63) is 94.2 Å². The maximum Gasteiger partial charge on any atom is 0.248 e. The number of hydrogen-bond acceptors (Lipinski definition) is 5. The summed E-state index contributed by atoms with van der Waals surface area (Å²) >= 11 is 1.59. The average Bonchev–Trinajstić information content (AvgIpc) is 3.58. The standard InChI is InChI=1S/C30H33N3O3S/c34-27-16-19-33(21-22-5-2-1-3-6-22)29(27)30(36)32-17-14-24(15-18-32)23-8-10-25(11-9-23)31-28(35)13-12-26-7-4-20-37-26/h1-13,20,24,27,29,34H,14-19,21H2,(H,31,35)/b13-12+/t27-,29-/m0/s1. The molecule has 6 nitrogen and oxygen atoms in total. The summed E-state index contributed by atoms with van der Waals surface area (Å²) in [5.41, 5.74) is 3.16. The molecule has 37 heavy (non-hydrogen) atoms. The summed E-state index contributed by atoms with van der Waals surface area (Å²) in [6, 6.07) is 21.6. The minimum Gasteiger partial charge on any atom is -0.391 e. The molecule has 5 rings (SSSR count). The third kappa shape index (κ3) is 6.36. The first-order valence-electron chi connectivity index (χ1n) is 12.9. The molecule has 2 aromatic carbocycles. The monoisotopic (exact) mass is 515 g/mol. The summed E-state index contributed by atoms with van der Waals surface area (Å²) in [7, 11) is 0. The predicted octanol–water partition coefficient (Wildman–Crippen LogP) is 4.74. The number of aliphatic hydroxyl groups excluding tert-OH is 1. The Morgan fingerprint density at radius 3 is 2.41 bits per heavy atom. The van der Waals surface area contributed by atoms with Crippen LogP contribution in [0.2, 0.25) is 0 Å². The van der Waals surface area contributed by atoms with E-state index in [0.29, 0.717) is 32.0 Å². The lowest BCUT2D eigenvalue weighted by Crippen LogP contribution is -2.51. The lowest BCUT2D eigenvalue weighted by molar-refractivity contribution is -0.140. The summed E-state index contributed by atoms with van der Waals surface area (Å²) in [5, 5.41) is 15.5. The molecule has 3 aromatic rings. The van der Waals surface area contributed by atoms with Crippen LogP contribution in [-0.2, 0) is 16.1 Å². The van der Waals surface area contributed by atoms with E-state index < -0.39 is 12.1 Å². The van der Waals surface area contributed by atoms with Crippen LogP contribution in [0.15, 0.2) is 78.2 Å². The van der Waals surface area contributed by atoms with Crippen LogP contribution in [0.3, 0.4) is 0 Å². The molecular formula is C30H33N3O3S. The molecule has 2 saturated heterocycles. The van der Waals surface area contributed by atoms with Gasteiger partial charge in [-0.1, -0.05) is 48.5 Å². The predicted molar refractivity (Wildman–Crippen MR) is 148 cm³/mol. The summed E-state index contributed by atoms with van der Waals surface area (Å²) in [6.45, 7) is 2.79. The molecule has 0 unspecified atom stereocenters. The van der Waals surface area contributed by atoms with Gasteiger partial charge in [0, 0.05) is 42.8 Å². The molecule has 0 bridgehead atoms. The number of carbonyl (C=O) groups excluding carboxylic acids is 2. The number of nitrogens with one attached hydrogen (secondary N) is 1. The summed E-state index contributed by atoms with van der Waals surface area (Å²) < 4.78 is 0. The highest BCUT2D eigenvalue weighted by molar-refractivity contribution is 7.10. The topological polar surface area (TPSA) is 72.9 Å². The third-order valence-corrected chi connectivity index (χ3v) is 8.19. The van der Waals surface area contributed by atoms with Crippen LogP contribution in [0.25, 0.3) is 6.08 Å². The van der Waals surface area contributed by atoms with Crippen molar-refractivity contribution < 1.29 is 14.7 Å². The zero-order chi connectivity index (χ0) is 25.6. The van der Waals surface area contributed by atoms with Gasteiger partial charge in [0.2, 0.25) is 11.8 Å². The van der Waals surface area contributed by atoms with Crippen molar-refractivity contribution in [1.82, 2.24) is 9.80 Å². The summed E-state index contributed by atoms with van der Waals surface area (Å²) in [6.07, 6.45) is 5.16. The molecule has 0 spiro atoms. The van der Waals surface area contributed by atoms with E-state index in [4.69, 9.17) is 0 Å². The van der Waals surface area contributed by atoms with Crippen LogP contribution in [0.1, 0.15) is 41.2 Å². The van der Waals surface area contributed by atoms with Crippen LogP contribution in [0.5, 0.6) is 0 Å². The van der Waals surface area contributed by atoms with Crippen LogP contribution in [0.4, 0.5) is 5.69 Å². The van der Waals surface area contributed by atoms with Gasteiger partial charge in [0.25, 0.3) is 0 Å². The van der Waals surface area contributed by atoms with Gasteiger partial charge in [0.15, 0.2) is 0 Å². The fraction of sp³-hybridized carbons (Fsp3) is 0.333. The highest BCUT2D eigenvalue weighted by Crippen LogP contribution is 2.31. The molecule has 2 aliphatic heterocycles. The number of hydrogen-bond donors (Lipinski definition) is 2. The first-order chi connectivity index (χ1) is 18.1. The van der Waals surface area contributed by atoms with Crippen molar-refractivity contribution in [1.29, 1.82) is 0 Å². The Labute approximate surface area is 222 Å². The molecule has 0 radical (unpaired) electrons. The smallest absolute Gasteiger partial charge is 0.248 e. The fourth-order valence-corrected chi connectivity index (χ4v) is 5.96. The van der Waals surface area contributed by atoms with Gasteiger partial charge in [-0.05, 0) is 66.0 Å². The van der Waals surface area contributed by atoms with Crippen molar-refractivity contribution in [2.75, 3.05) is 25.0 Å². The molecule has 2 fully saturated rings. The lowest BCUT2D eigenvalue weighted by Gasteiger charge is -2.36. The highest BCUT2D eigenvalue weighted by atomic mass is 32.1. The Morgan fingerprint density at radius 1 is 0.946 bits per heavy atom. The number of benzene rings is 2. The molecule has 2 amide bonds. The Balaban J connectivity index is 1.13. The van der Waals surface area contributed by atoms with E-state index in [1.165, 1.54) is 5.56 Å². The second kappa shape index (κ2) is 11.9. The number of rotatable bonds is 7. The van der Waals surface area contributed by atoms with Crippen molar-refractivity contribution in [2.24, 2.45) is 0 Å². The Morgan fingerprint density at radius 2 is 1.70 bits per heavy atom. The second-order valence-corrected chi connectivity index (χ2v) is 10.8. The molecule has 3 heterocycles. The van der Waals surface area contributed by atoms with Crippen LogP contribution in [0, 0.1) is 0 Å². The zero-order valence-electron chi connectivity index (χ0n) is 20.8. The van der Waals surface area contributed by atoms with Gasteiger partial charge < -0.3 is 15.3 Å². The average molecular weight is 516 g/mol. The van der Waals surface area contributed by atoms with E-state index in [2.05, 4.69) is 34.5 Å². The number of amides is 2. The maximum absolute atomic E-state index is 13.4. The van der Waals surface area contributed by atoms with E-state index in [1.807, 2.05) is 58.8 Å². The molecule has 2 aliphatic rings. The Kier molecular flexibility index (Phi) is 8.14. The van der Waals surface area contributed by atoms with Crippen molar-refractivity contribution in [2.45, 2.75) is 43.9 Å². The summed E-state index contributed by atoms with van der Waals surface area (Å²) in [5.74, 6) is 0.276. The molecule has 1 aromatic heterocycles. The molecule has 7 heteroatoms. The second-order valence-electron chi connectivity index (χ2n) is 9.82. The van der Waals surface area contributed by atoms with Gasteiger partial charge in [0.1, 0.15) is 6.04 Å². The third-order valence-electron chi connectivity index (χ3n) is 7.35. The number of piperidine rings is 1. The summed E-state index contributed by atoms with van der Waals surface area (Å²) in [4.78, 5) is 30.7. The SMILES string of the molecule is O=C(/C=C/c1cccs1)Nc1ccc(C2CCN(C(=O)[C@@H]3[C@@H](O)CCN3Cc3ccccc3)CC2)cc1. The number of carbonyl (C=O) groups is 2. The lowest BCUT2D eigenvalue weighted by atomic mass is 9.89. The Hall–Kier alpha value is -3.26. The van der Waals surface area contributed by atoms with Crippen molar-refractivity contribution in [3.63, 3.8) is 0 Å². The van der Waals surface area contributed by atoms with E-state index in [1.54, 1.807) is 17.4 Å². The van der Waals surface area contributed by atoms with Gasteiger partial charge in [-0.3, -0.25) is 14.5 Å². The molecular weight excluding hydrogens is 482 g/mol. The quantitative estimate of drug-likeness (QED) is 0.446. The molecule has 2 N–H and O–H groups in total. The number of likely N-dealkylation sites (tertiary alicyclic amines) is 2. The van der Waals surface area contributed by atoms with E-state index in [-0.39, 0.29) is 11.8 Å². The highest BCUT2D eigenvalue weighted by Gasteiger charge is 2.41. The van der Waals surface area contributed by atoms with E-state index in [0.717, 1.165) is 35.5 Å². The minimum atomic E-state index is -0.614. The molecule has 0 saturated carbocycles. The van der Waals surface area contributed by atoms with Crippen LogP contribution >= 0.6 is 11.3 Å². The van der Waals surface area contributed by atoms with Crippen LogP contribution < -0.4 is 5.32 Å². The first-order valence-corrected chi connectivity index (χ1v) is 13.8. The number of nitrogens with zero attached hydrogens (tertiary/aromatic N) is 2. The van der Waals surface area contributed by atoms with Gasteiger partial charge in [-0.15, -0.1) is 11.3 Å². The fourth-order valence-electron chi connectivity index (χ4n) is 5.34. The number of aliphatic hydroxyl groups is 1. The number of anilines is 1. The van der Waals surface area contributed by atoms with Crippen molar-refractivity contribution >= 4 is 34.9 Å². The maximum atomic E-state index is 13.4. The van der Waals surface area contributed by atoms with Gasteiger partial charge in [0.05, 0.1) is 6.10 Å². The molecule has 2 atom stereocenters. The van der Waals surface area contributed by atoms with E-state index in [9.17, 15) is 14.7 Å². The largest absolute Gasteiger partial charge is 0.391 e. The number of thiophene rings is 1. The van der Waals surface area contributed by atoms with Crippen molar-refractivity contribution in [3.8, 4) is 0 Å². The van der Waals surface area contributed by atoms with E-state index >= 15 is 0 Å². The normalized spacial score (nSPS) is 20.9. The zero-order valence-corrected chi connectivity index (χ0v) is 21.6. The van der Waals surface area contributed by atoms with Gasteiger partial charge in [-0.25, -0.2) is 0 Å². The van der Waals surface area contributed by atoms with Gasteiger partial charge >= 0.3 is 0 Å². The first kappa shape index (κ1) is 25.4. The Bertz CT molecular complexity index is 1200. The van der Waals surface area contributed by atoms with Crippen LogP contribution in [-0.4, -0.2) is 58.5 Å². The minimum absolute atomic E-state index is 0.0491. The molecule has 0 aliphatic carbocycles. The molecule has 192 valence electrons. The van der Waals surface area contributed by atoms with Gasteiger partial charge in [-0.2, -0.15) is 0 Å².